The molecule has 0 spiro atoms. The number of aromatic nitrogens is 2. The molecule has 1 fully saturated rings. The van der Waals surface area contributed by atoms with Crippen LogP contribution in [-0.2, 0) is 16.1 Å². The Balaban J connectivity index is 1.79. The van der Waals surface area contributed by atoms with Gasteiger partial charge in [-0.25, -0.2) is 4.57 Å². The predicted molar refractivity (Wildman–Crippen MR) is 128 cm³/mol. The monoisotopic (exact) mass is 526 g/mol. The van der Waals surface area contributed by atoms with Gasteiger partial charge in [-0.05, 0) is 24.3 Å². The van der Waals surface area contributed by atoms with Crippen molar-refractivity contribution in [3.05, 3.63) is 82.4 Å². The minimum absolute atomic E-state index is 0.0325. The van der Waals surface area contributed by atoms with Gasteiger partial charge in [-0.15, -0.1) is 0 Å². The van der Waals surface area contributed by atoms with Gasteiger partial charge in [0, 0.05) is 34.6 Å². The Morgan fingerprint density at radius 2 is 1.91 bits per heavy atom. The Morgan fingerprint density at radius 1 is 1.15 bits per heavy atom. The van der Waals surface area contributed by atoms with Crippen LogP contribution in [0, 0.1) is 0 Å². The molecule has 176 valence electrons. The fourth-order valence-electron chi connectivity index (χ4n) is 4.12. The number of H-pyrrole nitrogens is 1. The smallest absolute Gasteiger partial charge is 0.295 e. The second-order valence-corrected chi connectivity index (χ2v) is 8.73. The van der Waals surface area contributed by atoms with Crippen molar-refractivity contribution in [1.29, 1.82) is 0 Å². The number of carbonyl (C=O) groups is 2. The quantitative estimate of drug-likeness (QED) is 0.202. The molecule has 1 aliphatic rings. The molecule has 2 N–H and O–H groups in total. The lowest BCUT2D eigenvalue weighted by atomic mass is 9.94. The molecule has 3 aromatic rings. The number of nitrogens with one attached hydrogen (secondary N) is 1. The number of Topliss-reactive ketones (excluding diaryl/α,β-unsaturated/α-hetero) is 1. The van der Waals surface area contributed by atoms with E-state index >= 15 is 0 Å². The van der Waals surface area contributed by atoms with E-state index in [4.69, 9.17) is 9.47 Å². The number of likely N-dealkylation sites (tertiary alicyclic amines) is 1. The highest BCUT2D eigenvalue weighted by molar-refractivity contribution is 9.10. The number of carbonyl (C=O) groups excluding carboxylic acids is 2. The van der Waals surface area contributed by atoms with Crippen molar-refractivity contribution < 1.29 is 28.7 Å². The first-order valence-corrected chi connectivity index (χ1v) is 11.5. The molecule has 0 radical (unpaired) electrons. The number of aliphatic hydroxyl groups excluding tert-OH is 1. The molecule has 1 saturated heterocycles. The summed E-state index contributed by atoms with van der Waals surface area (Å²) < 4.78 is 13.7. The third kappa shape index (κ3) is 4.56. The van der Waals surface area contributed by atoms with Crippen molar-refractivity contribution in [3.63, 3.8) is 0 Å². The van der Waals surface area contributed by atoms with Gasteiger partial charge in [0.25, 0.3) is 11.7 Å². The largest absolute Gasteiger partial charge is 0.507 e. The fourth-order valence-corrected chi connectivity index (χ4v) is 4.39. The van der Waals surface area contributed by atoms with Crippen LogP contribution < -0.4 is 14.0 Å². The number of hydrogen-bond acceptors (Lipinski definition) is 5. The number of ketones is 1. The van der Waals surface area contributed by atoms with Crippen molar-refractivity contribution in [2.24, 2.45) is 0 Å². The van der Waals surface area contributed by atoms with Crippen molar-refractivity contribution in [1.82, 2.24) is 9.88 Å². The number of amides is 1. The second-order valence-electron chi connectivity index (χ2n) is 7.81. The maximum atomic E-state index is 13.2. The Bertz CT molecular complexity index is 1220. The molecule has 34 heavy (non-hydrogen) atoms. The van der Waals surface area contributed by atoms with E-state index in [1.165, 1.54) is 12.0 Å². The minimum atomic E-state index is -0.805. The Kier molecular flexibility index (Phi) is 7.02. The maximum absolute atomic E-state index is 13.2. The highest BCUT2D eigenvalue weighted by Gasteiger charge is 2.46. The first kappa shape index (κ1) is 23.6. The van der Waals surface area contributed by atoms with Crippen LogP contribution in [0.3, 0.4) is 0 Å². The van der Waals surface area contributed by atoms with Crippen molar-refractivity contribution >= 4 is 33.4 Å². The number of nitrogens with zero attached hydrogens (tertiary/aromatic N) is 2. The van der Waals surface area contributed by atoms with Crippen LogP contribution >= 0.6 is 15.9 Å². The number of methoxy groups -OCH3 is 2. The molecule has 1 aliphatic heterocycles. The van der Waals surface area contributed by atoms with E-state index in [9.17, 15) is 14.7 Å². The van der Waals surface area contributed by atoms with E-state index in [2.05, 4.69) is 20.9 Å². The summed E-state index contributed by atoms with van der Waals surface area (Å²) in [6.07, 6.45) is 6.15. The lowest BCUT2D eigenvalue weighted by molar-refractivity contribution is -0.695. The summed E-state index contributed by atoms with van der Waals surface area (Å²) in [5, 5.41) is 11.2. The summed E-state index contributed by atoms with van der Waals surface area (Å²) in [6.45, 7) is 0.978. The van der Waals surface area contributed by atoms with E-state index in [1.54, 1.807) is 49.6 Å². The van der Waals surface area contributed by atoms with E-state index < -0.39 is 17.7 Å². The third-order valence-electron chi connectivity index (χ3n) is 5.81. The fraction of sp³-hybridized carbons (Fsp3) is 0.240. The normalized spacial score (nSPS) is 17.3. The number of halogens is 1. The van der Waals surface area contributed by atoms with Gasteiger partial charge in [-0.3, -0.25) is 14.6 Å². The van der Waals surface area contributed by atoms with Crippen LogP contribution in [0.4, 0.5) is 0 Å². The molecule has 1 atom stereocenters. The Morgan fingerprint density at radius 3 is 2.56 bits per heavy atom. The molecule has 1 unspecified atom stereocenters. The molecule has 2 aromatic carbocycles. The maximum Gasteiger partial charge on any atom is 0.295 e. The highest BCUT2D eigenvalue weighted by atomic mass is 79.9. The van der Waals surface area contributed by atoms with Crippen molar-refractivity contribution in [2.45, 2.75) is 19.0 Å². The number of imidazole rings is 1. The van der Waals surface area contributed by atoms with E-state index in [1.807, 2.05) is 23.3 Å². The topological polar surface area (TPSA) is 95.7 Å². The van der Waals surface area contributed by atoms with Gasteiger partial charge in [0.05, 0.1) is 32.4 Å². The van der Waals surface area contributed by atoms with Crippen LogP contribution in [0.1, 0.15) is 23.6 Å². The van der Waals surface area contributed by atoms with E-state index in [0.717, 1.165) is 4.47 Å². The Hall–Kier alpha value is -3.59. The van der Waals surface area contributed by atoms with Gasteiger partial charge in [-0.1, -0.05) is 28.1 Å². The zero-order valence-corrected chi connectivity index (χ0v) is 20.4. The number of benzene rings is 2. The summed E-state index contributed by atoms with van der Waals surface area (Å²) >= 11 is 3.38. The zero-order valence-electron chi connectivity index (χ0n) is 18.8. The second kappa shape index (κ2) is 10.1. The average Bonchev–Trinajstić information content (AvgIpc) is 3.46. The first-order chi connectivity index (χ1) is 16.4. The number of aryl methyl sites for hydroxylation is 1. The van der Waals surface area contributed by atoms with Gasteiger partial charge in [0.2, 0.25) is 6.33 Å². The summed E-state index contributed by atoms with van der Waals surface area (Å²) in [5.41, 5.74) is 1.07. The van der Waals surface area contributed by atoms with Gasteiger partial charge < -0.3 is 19.5 Å². The third-order valence-corrected chi connectivity index (χ3v) is 6.34. The van der Waals surface area contributed by atoms with Crippen molar-refractivity contribution in [2.75, 3.05) is 20.8 Å². The van der Waals surface area contributed by atoms with Gasteiger partial charge in [-0.2, -0.15) is 0 Å². The predicted octanol–water partition coefficient (Wildman–Crippen LogP) is 3.59. The molecule has 9 heteroatoms. The van der Waals surface area contributed by atoms with Crippen LogP contribution in [0.5, 0.6) is 11.5 Å². The summed E-state index contributed by atoms with van der Waals surface area (Å²) in [6, 6.07) is 11.3. The molecular formula is C25H25BrN3O5+. The van der Waals surface area contributed by atoms with Crippen LogP contribution in [0.25, 0.3) is 5.76 Å². The van der Waals surface area contributed by atoms with Gasteiger partial charge in [0.15, 0.2) is 0 Å². The highest BCUT2D eigenvalue weighted by Crippen LogP contribution is 2.43. The van der Waals surface area contributed by atoms with Crippen LogP contribution in [-0.4, -0.2) is 47.4 Å². The molecule has 1 amide bonds. The molecule has 2 heterocycles. The number of aliphatic hydroxyl groups is 1. The number of aromatic amines is 1. The van der Waals surface area contributed by atoms with Crippen molar-refractivity contribution in [3.8, 4) is 11.5 Å². The Labute approximate surface area is 205 Å². The minimum Gasteiger partial charge on any atom is -0.507 e. The van der Waals surface area contributed by atoms with Crippen LogP contribution in [0.15, 0.2) is 71.2 Å². The molecule has 1 aromatic heterocycles. The summed E-state index contributed by atoms with van der Waals surface area (Å²) in [5.74, 6) is -0.568. The van der Waals surface area contributed by atoms with Gasteiger partial charge >= 0.3 is 0 Å². The summed E-state index contributed by atoms with van der Waals surface area (Å²) in [7, 11) is 3.06. The number of hydrogen-bond donors (Lipinski definition) is 2. The van der Waals surface area contributed by atoms with Crippen LogP contribution in [0.2, 0.25) is 0 Å². The average molecular weight is 527 g/mol. The zero-order chi connectivity index (χ0) is 24.2. The molecular weight excluding hydrogens is 502 g/mol. The van der Waals surface area contributed by atoms with E-state index in [0.29, 0.717) is 42.1 Å². The molecule has 8 nitrogen and oxygen atoms in total. The van der Waals surface area contributed by atoms with Gasteiger partial charge in [0.1, 0.15) is 29.7 Å². The molecule has 0 saturated carbocycles. The first-order valence-electron chi connectivity index (χ1n) is 10.7. The lowest BCUT2D eigenvalue weighted by Gasteiger charge is -2.26. The number of ether oxygens (including phenoxy) is 2. The van der Waals surface area contributed by atoms with E-state index in [-0.39, 0.29) is 11.3 Å². The SMILES string of the molecule is COc1ccc(C2C(=C(O)c3ccc(Br)cc3)C(=O)C(=O)N2CCC[n+]2cc[nH]c2)c(OC)c1. The standard InChI is InChI=1S/C25H24BrN3O5/c1-33-18-8-9-19(20(14-18)34-2)22-21(23(30)16-4-6-17(26)7-5-16)24(31)25(32)29(22)12-3-11-28-13-10-27-15-28/h4-10,13-15,22H,3,11-12H2,1-2H3,(H,30,31)/p+1. The molecule has 4 rings (SSSR count). The molecule has 0 aliphatic carbocycles. The molecule has 0 bridgehead atoms. The lowest BCUT2D eigenvalue weighted by Crippen LogP contribution is -2.36. The summed E-state index contributed by atoms with van der Waals surface area (Å²) in [4.78, 5) is 30.8. The number of rotatable bonds is 8.